The van der Waals surface area contributed by atoms with E-state index in [2.05, 4.69) is 4.98 Å². The average Bonchev–Trinajstić information content (AvgIpc) is 2.63. The summed E-state index contributed by atoms with van der Waals surface area (Å²) in [5, 5.41) is 0. The third kappa shape index (κ3) is 2.96. The number of nitrogens with zero attached hydrogens (tertiary/aromatic N) is 1. The Bertz CT molecular complexity index is 579. The molecule has 0 saturated carbocycles. The summed E-state index contributed by atoms with van der Waals surface area (Å²) in [5.41, 5.74) is 7.65. The molecule has 4 nitrogen and oxygen atoms in total. The van der Waals surface area contributed by atoms with E-state index in [4.69, 9.17) is 10.2 Å². The zero-order valence-electron chi connectivity index (χ0n) is 11.0. The maximum Gasteiger partial charge on any atom is 0.192 e. The fourth-order valence-corrected chi connectivity index (χ4v) is 1.79. The Morgan fingerprint density at radius 2 is 2.17 bits per heavy atom. The fourth-order valence-electron chi connectivity index (χ4n) is 1.79. The van der Waals surface area contributed by atoms with E-state index in [-0.39, 0.29) is 11.3 Å². The van der Waals surface area contributed by atoms with Gasteiger partial charge in [-0.25, -0.2) is 4.98 Å². The monoisotopic (exact) mass is 246 g/mol. The molecule has 0 aliphatic heterocycles. The van der Waals surface area contributed by atoms with Gasteiger partial charge in [-0.15, -0.1) is 0 Å². The van der Waals surface area contributed by atoms with Crippen LogP contribution in [0.5, 0.6) is 0 Å². The molecule has 2 rings (SSSR count). The van der Waals surface area contributed by atoms with Crippen LogP contribution in [0.2, 0.25) is 0 Å². The predicted octanol–water partition coefficient (Wildman–Crippen LogP) is 2.84. The van der Waals surface area contributed by atoms with Gasteiger partial charge < -0.3 is 10.2 Å². The van der Waals surface area contributed by atoms with Gasteiger partial charge in [-0.1, -0.05) is 0 Å². The van der Waals surface area contributed by atoms with Crippen molar-refractivity contribution < 1.29 is 9.21 Å². The predicted molar refractivity (Wildman–Crippen MR) is 70.6 cm³/mol. The van der Waals surface area contributed by atoms with Gasteiger partial charge in [0.1, 0.15) is 5.52 Å². The van der Waals surface area contributed by atoms with Crippen LogP contribution in [0.15, 0.2) is 22.6 Å². The number of rotatable bonds is 4. The van der Waals surface area contributed by atoms with Gasteiger partial charge in [0.2, 0.25) is 0 Å². The highest BCUT2D eigenvalue weighted by Crippen LogP contribution is 2.19. The first kappa shape index (κ1) is 12.8. The number of carbonyl (C=O) groups is 1. The number of carbonyl (C=O) groups excluding carboxylic acids is 1. The lowest BCUT2D eigenvalue weighted by molar-refractivity contribution is 0.0972. The number of fused-ring (bicyclic) bond motifs is 1. The first-order valence-corrected chi connectivity index (χ1v) is 6.04. The molecule has 1 heterocycles. The van der Waals surface area contributed by atoms with Crippen LogP contribution in [-0.2, 0) is 0 Å². The van der Waals surface area contributed by atoms with Crippen LogP contribution in [0.3, 0.4) is 0 Å². The van der Waals surface area contributed by atoms with Gasteiger partial charge >= 0.3 is 0 Å². The fraction of sp³-hybridized carbons (Fsp3) is 0.429. The van der Waals surface area contributed by atoms with Crippen molar-refractivity contribution in [2.24, 2.45) is 5.73 Å². The Balaban J connectivity index is 2.17. The summed E-state index contributed by atoms with van der Waals surface area (Å²) < 4.78 is 5.42. The maximum atomic E-state index is 12.0. The third-order valence-electron chi connectivity index (χ3n) is 2.81. The van der Waals surface area contributed by atoms with Gasteiger partial charge in [0.15, 0.2) is 17.3 Å². The van der Waals surface area contributed by atoms with E-state index in [1.54, 1.807) is 19.1 Å². The van der Waals surface area contributed by atoms with E-state index in [1.165, 1.54) is 0 Å². The summed E-state index contributed by atoms with van der Waals surface area (Å²) >= 11 is 0. The largest absolute Gasteiger partial charge is 0.441 e. The van der Waals surface area contributed by atoms with E-state index in [1.807, 2.05) is 19.9 Å². The first-order chi connectivity index (χ1) is 8.35. The van der Waals surface area contributed by atoms with E-state index in [0.29, 0.717) is 29.9 Å². The van der Waals surface area contributed by atoms with Gasteiger partial charge in [0.05, 0.1) is 0 Å². The summed E-state index contributed by atoms with van der Waals surface area (Å²) in [6, 6.07) is 5.35. The number of hydrogen-bond acceptors (Lipinski definition) is 4. The minimum absolute atomic E-state index is 0.0875. The van der Waals surface area contributed by atoms with Gasteiger partial charge in [-0.3, -0.25) is 4.79 Å². The summed E-state index contributed by atoms with van der Waals surface area (Å²) in [5.74, 6) is 0.696. The molecule has 0 saturated heterocycles. The second-order valence-electron chi connectivity index (χ2n) is 5.33. The highest BCUT2D eigenvalue weighted by molar-refractivity contribution is 5.98. The number of Topliss-reactive ketones (excluding diaryl/α,β-unsaturated/α-hetero) is 1. The third-order valence-corrected chi connectivity index (χ3v) is 2.81. The lowest BCUT2D eigenvalue weighted by Gasteiger charge is -2.17. The van der Waals surface area contributed by atoms with Crippen LogP contribution in [-0.4, -0.2) is 16.3 Å². The lowest BCUT2D eigenvalue weighted by atomic mass is 9.96. The molecule has 2 N–H and O–H groups in total. The van der Waals surface area contributed by atoms with Crippen molar-refractivity contribution in [3.05, 3.63) is 29.7 Å². The molecule has 96 valence electrons. The van der Waals surface area contributed by atoms with E-state index in [9.17, 15) is 4.79 Å². The van der Waals surface area contributed by atoms with Crippen molar-refractivity contribution >= 4 is 16.9 Å². The van der Waals surface area contributed by atoms with Crippen molar-refractivity contribution in [2.75, 3.05) is 0 Å². The SMILES string of the molecule is Cc1nc2ccc(C(=O)CCC(C)(C)N)cc2o1. The molecule has 0 radical (unpaired) electrons. The minimum Gasteiger partial charge on any atom is -0.441 e. The van der Waals surface area contributed by atoms with Gasteiger partial charge in [-0.2, -0.15) is 0 Å². The smallest absolute Gasteiger partial charge is 0.192 e. The highest BCUT2D eigenvalue weighted by atomic mass is 16.3. The summed E-state index contributed by atoms with van der Waals surface area (Å²) in [6.07, 6.45) is 1.11. The average molecular weight is 246 g/mol. The highest BCUT2D eigenvalue weighted by Gasteiger charge is 2.15. The summed E-state index contributed by atoms with van der Waals surface area (Å²) in [7, 11) is 0. The Morgan fingerprint density at radius 1 is 1.44 bits per heavy atom. The van der Waals surface area contributed by atoms with Crippen molar-refractivity contribution in [3.63, 3.8) is 0 Å². The molecule has 4 heteroatoms. The number of nitrogens with two attached hydrogens (primary N) is 1. The lowest BCUT2D eigenvalue weighted by Crippen LogP contribution is -2.32. The van der Waals surface area contributed by atoms with Gasteiger partial charge in [0, 0.05) is 24.4 Å². The number of aryl methyl sites for hydroxylation is 1. The van der Waals surface area contributed by atoms with Crippen molar-refractivity contribution in [3.8, 4) is 0 Å². The molecule has 18 heavy (non-hydrogen) atoms. The molecule has 0 aliphatic rings. The van der Waals surface area contributed by atoms with Gasteiger partial charge in [0.25, 0.3) is 0 Å². The number of hydrogen-bond donors (Lipinski definition) is 1. The summed E-state index contributed by atoms with van der Waals surface area (Å²) in [4.78, 5) is 16.2. The second kappa shape index (κ2) is 4.53. The molecule has 1 aromatic heterocycles. The van der Waals surface area contributed by atoms with Gasteiger partial charge in [-0.05, 0) is 38.5 Å². The molecule has 0 bridgehead atoms. The standard InChI is InChI=1S/C14H18N2O2/c1-9-16-11-5-4-10(8-13(11)18-9)12(17)6-7-14(2,3)15/h4-5,8H,6-7,15H2,1-3H3. The van der Waals surface area contributed by atoms with E-state index >= 15 is 0 Å². The van der Waals surface area contributed by atoms with E-state index in [0.717, 1.165) is 5.52 Å². The summed E-state index contributed by atoms with van der Waals surface area (Å²) in [6.45, 7) is 5.63. The topological polar surface area (TPSA) is 69.1 Å². The second-order valence-corrected chi connectivity index (χ2v) is 5.33. The maximum absolute atomic E-state index is 12.0. The van der Waals surface area contributed by atoms with Crippen LogP contribution >= 0.6 is 0 Å². The normalized spacial score (nSPS) is 12.0. The molecule has 0 amide bonds. The van der Waals surface area contributed by atoms with Crippen LogP contribution in [0.4, 0.5) is 0 Å². The van der Waals surface area contributed by atoms with Crippen molar-refractivity contribution in [1.82, 2.24) is 4.98 Å². The van der Waals surface area contributed by atoms with Crippen LogP contribution in [0, 0.1) is 6.92 Å². The molecule has 0 fully saturated rings. The van der Waals surface area contributed by atoms with Crippen LogP contribution in [0.25, 0.3) is 11.1 Å². The zero-order valence-corrected chi connectivity index (χ0v) is 11.0. The number of oxazole rings is 1. The molecule has 0 unspecified atom stereocenters. The Morgan fingerprint density at radius 3 is 2.83 bits per heavy atom. The Hall–Kier alpha value is -1.68. The molecule has 0 spiro atoms. The molecule has 1 aromatic carbocycles. The zero-order chi connectivity index (χ0) is 13.3. The van der Waals surface area contributed by atoms with Crippen molar-refractivity contribution in [1.29, 1.82) is 0 Å². The minimum atomic E-state index is -0.317. The van der Waals surface area contributed by atoms with Crippen molar-refractivity contribution in [2.45, 2.75) is 39.2 Å². The Labute approximate surface area is 106 Å². The van der Waals surface area contributed by atoms with Crippen LogP contribution in [0.1, 0.15) is 42.9 Å². The molecular weight excluding hydrogens is 228 g/mol. The molecule has 0 aliphatic carbocycles. The van der Waals surface area contributed by atoms with Crippen LogP contribution < -0.4 is 5.73 Å². The number of aromatic nitrogens is 1. The molecule has 0 atom stereocenters. The molecular formula is C14H18N2O2. The number of ketones is 1. The van der Waals surface area contributed by atoms with E-state index < -0.39 is 0 Å². The Kier molecular flexibility index (Phi) is 3.22. The quantitative estimate of drug-likeness (QED) is 0.842. The number of benzene rings is 1. The molecule has 2 aromatic rings. The first-order valence-electron chi connectivity index (χ1n) is 6.04.